The fourth-order valence-electron chi connectivity index (χ4n) is 3.73. The number of hydrogen-bond acceptors (Lipinski definition) is 4. The molecule has 24 heavy (non-hydrogen) atoms. The summed E-state index contributed by atoms with van der Waals surface area (Å²) in [7, 11) is 1.69. The van der Waals surface area contributed by atoms with E-state index in [0.29, 0.717) is 6.54 Å². The van der Waals surface area contributed by atoms with Crippen LogP contribution in [0.3, 0.4) is 0 Å². The summed E-state index contributed by atoms with van der Waals surface area (Å²) in [6.07, 6.45) is 2.90. The fraction of sp³-hybridized carbons (Fsp3) is 0.611. The lowest BCUT2D eigenvalue weighted by atomic mass is 9.86. The number of benzene rings is 1. The van der Waals surface area contributed by atoms with Crippen molar-refractivity contribution in [2.24, 2.45) is 0 Å². The Morgan fingerprint density at radius 2 is 2.33 bits per heavy atom. The first kappa shape index (κ1) is 17.3. The van der Waals surface area contributed by atoms with Crippen LogP contribution < -0.4 is 5.32 Å². The number of rotatable bonds is 4. The number of anilines is 1. The molecule has 2 heterocycles. The zero-order valence-corrected chi connectivity index (χ0v) is 14.3. The fourth-order valence-corrected chi connectivity index (χ4v) is 3.73. The van der Waals surface area contributed by atoms with Gasteiger partial charge < -0.3 is 14.8 Å². The number of carbonyl (C=O) groups excluding carboxylic acids is 1. The zero-order chi connectivity index (χ0) is 17.2. The second kappa shape index (κ2) is 7.17. The predicted octanol–water partition coefficient (Wildman–Crippen LogP) is 2.34. The smallest absolute Gasteiger partial charge is 0.238 e. The first-order valence-electron chi connectivity index (χ1n) is 8.47. The molecule has 132 valence electrons. The Balaban J connectivity index is 1.58. The maximum atomic E-state index is 13.8. The van der Waals surface area contributed by atoms with Crippen LogP contribution in [0.5, 0.6) is 0 Å². The minimum atomic E-state index is -0.416. The van der Waals surface area contributed by atoms with Crippen molar-refractivity contribution in [1.29, 1.82) is 0 Å². The van der Waals surface area contributed by atoms with Crippen LogP contribution >= 0.6 is 0 Å². The molecule has 3 rings (SSSR count). The van der Waals surface area contributed by atoms with Crippen LogP contribution in [0.2, 0.25) is 0 Å². The molecule has 1 N–H and O–H groups in total. The third-order valence-corrected chi connectivity index (χ3v) is 5.04. The Hall–Kier alpha value is -1.50. The molecular formula is C18H25FN2O3. The van der Waals surface area contributed by atoms with E-state index in [4.69, 9.17) is 9.47 Å². The molecule has 1 spiro atoms. The summed E-state index contributed by atoms with van der Waals surface area (Å²) in [4.78, 5) is 14.3. The van der Waals surface area contributed by atoms with Gasteiger partial charge in [-0.2, -0.15) is 0 Å². The highest BCUT2D eigenvalue weighted by Crippen LogP contribution is 2.37. The highest BCUT2D eigenvalue weighted by Gasteiger charge is 2.46. The predicted molar refractivity (Wildman–Crippen MR) is 89.5 cm³/mol. The summed E-state index contributed by atoms with van der Waals surface area (Å²) in [6.45, 7) is 4.31. The molecule has 2 saturated heterocycles. The van der Waals surface area contributed by atoms with E-state index in [-0.39, 0.29) is 29.8 Å². The average Bonchev–Trinajstić information content (AvgIpc) is 3.02. The molecule has 2 unspecified atom stereocenters. The normalized spacial score (nSPS) is 27.5. The zero-order valence-electron chi connectivity index (χ0n) is 14.3. The van der Waals surface area contributed by atoms with Crippen LogP contribution in [0.1, 0.15) is 24.8 Å². The van der Waals surface area contributed by atoms with Crippen LogP contribution in [0.4, 0.5) is 10.1 Å². The van der Waals surface area contributed by atoms with E-state index in [1.54, 1.807) is 19.2 Å². The van der Waals surface area contributed by atoms with Crippen molar-refractivity contribution < 1.29 is 18.7 Å². The summed E-state index contributed by atoms with van der Waals surface area (Å²) in [6, 6.07) is 4.69. The maximum Gasteiger partial charge on any atom is 0.238 e. The molecule has 0 saturated carbocycles. The molecule has 0 bridgehead atoms. The van der Waals surface area contributed by atoms with Gasteiger partial charge in [0.1, 0.15) is 5.82 Å². The first-order chi connectivity index (χ1) is 11.5. The van der Waals surface area contributed by atoms with E-state index < -0.39 is 5.82 Å². The number of aryl methyl sites for hydroxylation is 1. The molecule has 2 atom stereocenters. The standard InChI is InChI=1S/C18H25FN2O3/c1-13-4-5-14(19)15(10-13)20-17(22)12-21-8-7-18(6-3-9-24-18)16(11-21)23-2/h4-5,10,16H,3,6-9,11-12H2,1-2H3,(H,20,22). The van der Waals surface area contributed by atoms with E-state index in [2.05, 4.69) is 5.32 Å². The molecule has 6 heteroatoms. The van der Waals surface area contributed by atoms with Crippen molar-refractivity contribution in [1.82, 2.24) is 4.90 Å². The van der Waals surface area contributed by atoms with E-state index in [9.17, 15) is 9.18 Å². The topological polar surface area (TPSA) is 50.8 Å². The number of likely N-dealkylation sites (tertiary alicyclic amines) is 1. The number of nitrogens with zero attached hydrogens (tertiary/aromatic N) is 1. The van der Waals surface area contributed by atoms with Gasteiger partial charge in [0.25, 0.3) is 0 Å². The monoisotopic (exact) mass is 336 g/mol. The largest absolute Gasteiger partial charge is 0.377 e. The SMILES string of the molecule is COC1CN(CC(=O)Nc2cc(C)ccc2F)CCC12CCCO2. The summed E-state index contributed by atoms with van der Waals surface area (Å²) in [5.41, 5.74) is 0.949. The molecule has 0 radical (unpaired) electrons. The molecule has 2 aliphatic heterocycles. The molecule has 1 aromatic rings. The molecule has 1 amide bonds. The molecular weight excluding hydrogens is 311 g/mol. The van der Waals surface area contributed by atoms with Gasteiger partial charge >= 0.3 is 0 Å². The van der Waals surface area contributed by atoms with Crippen LogP contribution in [0.15, 0.2) is 18.2 Å². The van der Waals surface area contributed by atoms with Gasteiger partial charge in [-0.05, 0) is 43.9 Å². The van der Waals surface area contributed by atoms with Gasteiger partial charge in [0.15, 0.2) is 0 Å². The number of methoxy groups -OCH3 is 1. The lowest BCUT2D eigenvalue weighted by molar-refractivity contribution is -0.145. The summed E-state index contributed by atoms with van der Waals surface area (Å²) < 4.78 is 25.4. The van der Waals surface area contributed by atoms with Crippen molar-refractivity contribution >= 4 is 11.6 Å². The number of halogens is 1. The molecule has 1 aromatic carbocycles. The third kappa shape index (κ3) is 3.61. The highest BCUT2D eigenvalue weighted by atomic mass is 19.1. The first-order valence-corrected chi connectivity index (χ1v) is 8.47. The number of ether oxygens (including phenoxy) is 2. The maximum absolute atomic E-state index is 13.8. The van der Waals surface area contributed by atoms with Gasteiger partial charge in [0, 0.05) is 26.8 Å². The van der Waals surface area contributed by atoms with E-state index >= 15 is 0 Å². The quantitative estimate of drug-likeness (QED) is 0.917. The van der Waals surface area contributed by atoms with Gasteiger partial charge in [0.2, 0.25) is 5.91 Å². The minimum Gasteiger partial charge on any atom is -0.377 e. The van der Waals surface area contributed by atoms with Gasteiger partial charge in [-0.25, -0.2) is 4.39 Å². The van der Waals surface area contributed by atoms with E-state index in [1.165, 1.54) is 6.07 Å². The minimum absolute atomic E-state index is 0.0303. The van der Waals surface area contributed by atoms with Crippen LogP contribution in [-0.4, -0.2) is 55.9 Å². The van der Waals surface area contributed by atoms with Crippen molar-refractivity contribution in [3.05, 3.63) is 29.6 Å². The van der Waals surface area contributed by atoms with Gasteiger partial charge in [-0.1, -0.05) is 6.07 Å². The van der Waals surface area contributed by atoms with E-state index in [1.807, 2.05) is 11.8 Å². The van der Waals surface area contributed by atoms with Gasteiger partial charge in [0.05, 0.1) is 23.9 Å². The number of piperidine rings is 1. The number of hydrogen-bond donors (Lipinski definition) is 1. The number of amides is 1. The van der Waals surface area contributed by atoms with E-state index in [0.717, 1.165) is 38.0 Å². The summed E-state index contributed by atoms with van der Waals surface area (Å²) in [5.74, 6) is -0.627. The highest BCUT2D eigenvalue weighted by molar-refractivity contribution is 5.92. The van der Waals surface area contributed by atoms with Crippen LogP contribution in [0, 0.1) is 12.7 Å². The Morgan fingerprint density at radius 3 is 3.04 bits per heavy atom. The Morgan fingerprint density at radius 1 is 1.50 bits per heavy atom. The second-order valence-corrected chi connectivity index (χ2v) is 6.76. The Kier molecular flexibility index (Phi) is 5.18. The summed E-state index contributed by atoms with van der Waals surface area (Å²) >= 11 is 0. The van der Waals surface area contributed by atoms with Crippen molar-refractivity contribution in [2.45, 2.75) is 37.9 Å². The number of carbonyl (C=O) groups is 1. The Bertz CT molecular complexity index is 602. The van der Waals surface area contributed by atoms with Crippen molar-refractivity contribution in [3.8, 4) is 0 Å². The molecule has 5 nitrogen and oxygen atoms in total. The average molecular weight is 336 g/mol. The molecule has 0 aliphatic carbocycles. The molecule has 2 fully saturated rings. The van der Waals surface area contributed by atoms with Crippen molar-refractivity contribution in [3.63, 3.8) is 0 Å². The van der Waals surface area contributed by atoms with Crippen LogP contribution in [-0.2, 0) is 14.3 Å². The second-order valence-electron chi connectivity index (χ2n) is 6.76. The molecule has 2 aliphatic rings. The van der Waals surface area contributed by atoms with Crippen LogP contribution in [0.25, 0.3) is 0 Å². The lowest BCUT2D eigenvalue weighted by Gasteiger charge is -2.44. The lowest BCUT2D eigenvalue weighted by Crippen LogP contribution is -2.57. The summed E-state index contributed by atoms with van der Waals surface area (Å²) in [5, 5.41) is 2.66. The Labute approximate surface area is 142 Å². The van der Waals surface area contributed by atoms with Gasteiger partial charge in [-0.3, -0.25) is 9.69 Å². The van der Waals surface area contributed by atoms with Crippen molar-refractivity contribution in [2.75, 3.05) is 38.7 Å². The third-order valence-electron chi connectivity index (χ3n) is 5.04. The number of nitrogens with one attached hydrogen (secondary N) is 1. The molecule has 0 aromatic heterocycles. The van der Waals surface area contributed by atoms with Gasteiger partial charge in [-0.15, -0.1) is 0 Å².